The highest BCUT2D eigenvalue weighted by Crippen LogP contribution is 2.18. The first-order valence-corrected chi connectivity index (χ1v) is 7.28. The van der Waals surface area contributed by atoms with Gasteiger partial charge in [-0.05, 0) is 31.5 Å². The molecule has 106 valence electrons. The Kier molecular flexibility index (Phi) is 5.98. The van der Waals surface area contributed by atoms with E-state index in [9.17, 15) is 9.00 Å². The van der Waals surface area contributed by atoms with Gasteiger partial charge in [-0.3, -0.25) is 9.00 Å². The summed E-state index contributed by atoms with van der Waals surface area (Å²) in [5.74, 6) is -0.370. The topological polar surface area (TPSA) is 81.4 Å². The summed E-state index contributed by atoms with van der Waals surface area (Å²) in [5.41, 5.74) is 7.18. The normalized spacial score (nSPS) is 13.8. The van der Waals surface area contributed by atoms with Crippen molar-refractivity contribution in [1.82, 2.24) is 5.32 Å². The van der Waals surface area contributed by atoms with Crippen molar-refractivity contribution in [3.05, 3.63) is 23.8 Å². The SMILES string of the molecule is COCC(C)NC(=O)CS(=O)c1cc(C)ccc1N. The first-order valence-electron chi connectivity index (χ1n) is 5.97. The summed E-state index contributed by atoms with van der Waals surface area (Å²) in [7, 11) is 0.130. The molecular formula is C13H20N2O3S. The molecule has 2 unspecified atom stereocenters. The van der Waals surface area contributed by atoms with E-state index in [2.05, 4.69) is 5.32 Å². The van der Waals surface area contributed by atoms with Crippen LogP contribution in [0.2, 0.25) is 0 Å². The van der Waals surface area contributed by atoms with Gasteiger partial charge in [-0.2, -0.15) is 0 Å². The molecule has 6 heteroatoms. The molecule has 0 spiro atoms. The number of methoxy groups -OCH3 is 1. The first kappa shape index (κ1) is 15.7. The molecule has 3 N–H and O–H groups in total. The monoisotopic (exact) mass is 284 g/mol. The van der Waals surface area contributed by atoms with Gasteiger partial charge in [0.05, 0.1) is 22.3 Å². The lowest BCUT2D eigenvalue weighted by atomic mass is 10.2. The fourth-order valence-electron chi connectivity index (χ4n) is 1.64. The van der Waals surface area contributed by atoms with E-state index >= 15 is 0 Å². The lowest BCUT2D eigenvalue weighted by Gasteiger charge is -2.13. The van der Waals surface area contributed by atoms with Crippen LogP contribution in [0.3, 0.4) is 0 Å². The van der Waals surface area contributed by atoms with E-state index in [-0.39, 0.29) is 17.7 Å². The molecule has 5 nitrogen and oxygen atoms in total. The van der Waals surface area contributed by atoms with Crippen LogP contribution >= 0.6 is 0 Å². The van der Waals surface area contributed by atoms with E-state index < -0.39 is 10.8 Å². The highest BCUT2D eigenvalue weighted by Gasteiger charge is 2.14. The van der Waals surface area contributed by atoms with E-state index in [0.29, 0.717) is 17.2 Å². The number of nitrogens with one attached hydrogen (secondary N) is 1. The zero-order chi connectivity index (χ0) is 14.4. The number of nitrogen functional groups attached to an aromatic ring is 1. The van der Waals surface area contributed by atoms with E-state index in [1.165, 1.54) is 0 Å². The van der Waals surface area contributed by atoms with Gasteiger partial charge in [0.2, 0.25) is 5.91 Å². The third kappa shape index (κ3) is 5.00. The standard InChI is InChI=1S/C13H20N2O3S/c1-9-4-5-11(14)12(6-9)19(17)8-13(16)15-10(2)7-18-3/h4-6,10H,7-8,14H2,1-3H3,(H,15,16). The van der Waals surface area contributed by atoms with Gasteiger partial charge in [0.15, 0.2) is 0 Å². The molecule has 0 aromatic heterocycles. The summed E-state index contributed by atoms with van der Waals surface area (Å²) >= 11 is 0. The number of anilines is 1. The van der Waals surface area contributed by atoms with Crippen molar-refractivity contribution in [3.63, 3.8) is 0 Å². The summed E-state index contributed by atoms with van der Waals surface area (Å²) in [6.07, 6.45) is 0. The molecule has 2 atom stereocenters. The van der Waals surface area contributed by atoms with E-state index in [4.69, 9.17) is 10.5 Å². The fourth-order valence-corrected chi connectivity index (χ4v) is 2.77. The van der Waals surface area contributed by atoms with Crippen LogP contribution in [-0.4, -0.2) is 35.6 Å². The Morgan fingerprint density at radius 3 is 2.84 bits per heavy atom. The third-order valence-corrected chi connectivity index (χ3v) is 3.87. The Morgan fingerprint density at radius 1 is 1.53 bits per heavy atom. The van der Waals surface area contributed by atoms with Crippen LogP contribution < -0.4 is 11.1 Å². The van der Waals surface area contributed by atoms with Crippen molar-refractivity contribution < 1.29 is 13.7 Å². The second kappa shape index (κ2) is 7.25. The predicted molar refractivity (Wildman–Crippen MR) is 76.3 cm³/mol. The quantitative estimate of drug-likeness (QED) is 0.758. The summed E-state index contributed by atoms with van der Waals surface area (Å²) in [6.45, 7) is 4.14. The van der Waals surface area contributed by atoms with Gasteiger partial charge in [0, 0.05) is 18.8 Å². The molecule has 0 heterocycles. The molecule has 0 aliphatic carbocycles. The molecule has 0 saturated carbocycles. The Hall–Kier alpha value is -1.40. The molecule has 1 rings (SSSR count). The maximum atomic E-state index is 12.1. The van der Waals surface area contributed by atoms with Crippen molar-refractivity contribution in [2.24, 2.45) is 0 Å². The summed E-state index contributed by atoms with van der Waals surface area (Å²) < 4.78 is 17.0. The average molecular weight is 284 g/mol. The summed E-state index contributed by atoms with van der Waals surface area (Å²) in [5, 5.41) is 2.72. The molecule has 0 saturated heterocycles. The van der Waals surface area contributed by atoms with Crippen molar-refractivity contribution in [3.8, 4) is 0 Å². The minimum atomic E-state index is -1.43. The van der Waals surface area contributed by atoms with Crippen molar-refractivity contribution in [2.75, 3.05) is 25.2 Å². The van der Waals surface area contributed by atoms with Crippen molar-refractivity contribution in [2.45, 2.75) is 24.8 Å². The molecule has 19 heavy (non-hydrogen) atoms. The number of carbonyl (C=O) groups excluding carboxylic acids is 1. The number of nitrogens with two attached hydrogens (primary N) is 1. The van der Waals surface area contributed by atoms with Crippen LogP contribution in [-0.2, 0) is 20.3 Å². The van der Waals surface area contributed by atoms with Crippen LogP contribution in [0, 0.1) is 6.92 Å². The van der Waals surface area contributed by atoms with Crippen molar-refractivity contribution >= 4 is 22.4 Å². The van der Waals surface area contributed by atoms with Crippen LogP contribution in [0.1, 0.15) is 12.5 Å². The maximum absolute atomic E-state index is 12.1. The van der Waals surface area contributed by atoms with Crippen LogP contribution in [0.15, 0.2) is 23.1 Å². The maximum Gasteiger partial charge on any atom is 0.233 e. The smallest absolute Gasteiger partial charge is 0.233 e. The van der Waals surface area contributed by atoms with E-state index in [1.54, 1.807) is 19.2 Å². The first-order chi connectivity index (χ1) is 8.93. The van der Waals surface area contributed by atoms with Crippen LogP contribution in [0.4, 0.5) is 5.69 Å². The lowest BCUT2D eigenvalue weighted by Crippen LogP contribution is -2.38. The number of hydrogen-bond acceptors (Lipinski definition) is 4. The summed E-state index contributed by atoms with van der Waals surface area (Å²) in [4.78, 5) is 12.2. The average Bonchev–Trinajstić information content (AvgIpc) is 2.32. The highest BCUT2D eigenvalue weighted by molar-refractivity contribution is 7.86. The Balaban J connectivity index is 2.64. The van der Waals surface area contributed by atoms with E-state index in [1.807, 2.05) is 19.9 Å². The Bertz CT molecular complexity index is 477. The minimum absolute atomic E-state index is 0.0955. The molecule has 0 radical (unpaired) electrons. The number of benzene rings is 1. The molecule has 1 amide bonds. The number of ether oxygens (including phenoxy) is 1. The molecule has 1 aromatic carbocycles. The molecule has 0 bridgehead atoms. The predicted octanol–water partition coefficient (Wildman–Crippen LogP) is 0.836. The van der Waals surface area contributed by atoms with Gasteiger partial charge in [0.25, 0.3) is 0 Å². The zero-order valence-corrected chi connectivity index (χ0v) is 12.3. The van der Waals surface area contributed by atoms with Gasteiger partial charge in [-0.25, -0.2) is 0 Å². The Morgan fingerprint density at radius 2 is 2.21 bits per heavy atom. The van der Waals surface area contributed by atoms with Gasteiger partial charge in [0.1, 0.15) is 5.75 Å². The second-order valence-corrected chi connectivity index (χ2v) is 5.87. The minimum Gasteiger partial charge on any atom is -0.398 e. The number of aryl methyl sites for hydroxylation is 1. The third-order valence-electron chi connectivity index (χ3n) is 2.50. The highest BCUT2D eigenvalue weighted by atomic mass is 32.2. The van der Waals surface area contributed by atoms with E-state index in [0.717, 1.165) is 5.56 Å². The van der Waals surface area contributed by atoms with Gasteiger partial charge in [-0.1, -0.05) is 6.07 Å². The fraction of sp³-hybridized carbons (Fsp3) is 0.462. The number of rotatable bonds is 6. The van der Waals surface area contributed by atoms with Gasteiger partial charge < -0.3 is 15.8 Å². The molecule has 1 aromatic rings. The number of amides is 1. The molecular weight excluding hydrogens is 264 g/mol. The number of carbonyl (C=O) groups is 1. The van der Waals surface area contributed by atoms with Gasteiger partial charge >= 0.3 is 0 Å². The van der Waals surface area contributed by atoms with Crippen molar-refractivity contribution in [1.29, 1.82) is 0 Å². The summed E-state index contributed by atoms with van der Waals surface area (Å²) in [6, 6.07) is 5.19. The van der Waals surface area contributed by atoms with Gasteiger partial charge in [-0.15, -0.1) is 0 Å². The molecule has 0 aliphatic rings. The van der Waals surface area contributed by atoms with Crippen LogP contribution in [0.5, 0.6) is 0 Å². The molecule has 0 fully saturated rings. The molecule has 0 aliphatic heterocycles. The largest absolute Gasteiger partial charge is 0.398 e. The number of hydrogen-bond donors (Lipinski definition) is 2. The Labute approximate surface area is 116 Å². The lowest BCUT2D eigenvalue weighted by molar-refractivity contribution is -0.119. The van der Waals surface area contributed by atoms with Crippen LogP contribution in [0.25, 0.3) is 0 Å². The second-order valence-electron chi connectivity index (χ2n) is 4.46. The zero-order valence-electron chi connectivity index (χ0n) is 11.4.